The van der Waals surface area contributed by atoms with Crippen LogP contribution in [0.3, 0.4) is 0 Å². The normalized spacial score (nSPS) is 10.6. The van der Waals surface area contributed by atoms with E-state index in [2.05, 4.69) is 15.3 Å². The molecule has 3 aromatic rings. The Morgan fingerprint density at radius 1 is 1.24 bits per heavy atom. The number of carbonyl (C=O) groups is 1. The van der Waals surface area contributed by atoms with Gasteiger partial charge in [0.2, 0.25) is 5.75 Å². The molecule has 29 heavy (non-hydrogen) atoms. The molecule has 1 aromatic heterocycles. The van der Waals surface area contributed by atoms with E-state index in [0.29, 0.717) is 12.2 Å². The quantitative estimate of drug-likeness (QED) is 0.502. The minimum Gasteiger partial charge on any atom is -0.504 e. The summed E-state index contributed by atoms with van der Waals surface area (Å²) in [6.45, 7) is 0.162. The third kappa shape index (κ3) is 4.34. The summed E-state index contributed by atoms with van der Waals surface area (Å²) in [5, 5.41) is 22.1. The van der Waals surface area contributed by atoms with Crippen LogP contribution in [0.25, 0.3) is 11.4 Å². The van der Waals surface area contributed by atoms with Gasteiger partial charge in [0.05, 0.1) is 12.7 Å². The third-order valence-electron chi connectivity index (χ3n) is 4.18. The first-order valence-corrected chi connectivity index (χ1v) is 8.63. The molecule has 2 aromatic carbocycles. The molecule has 3 rings (SSSR count). The second kappa shape index (κ2) is 8.42. The second-order valence-corrected chi connectivity index (χ2v) is 6.10. The third-order valence-corrected chi connectivity index (χ3v) is 4.18. The number of hydrogen-bond donors (Lipinski definition) is 4. The largest absolute Gasteiger partial charge is 0.504 e. The Balaban J connectivity index is 1.77. The molecule has 0 fully saturated rings. The molecule has 0 saturated carbocycles. The Morgan fingerprint density at radius 3 is 2.72 bits per heavy atom. The fourth-order valence-corrected chi connectivity index (χ4v) is 2.69. The number of halogens is 1. The molecule has 0 atom stereocenters. The van der Waals surface area contributed by atoms with Crippen LogP contribution >= 0.6 is 0 Å². The van der Waals surface area contributed by atoms with Crippen LogP contribution in [0.2, 0.25) is 0 Å². The lowest BCUT2D eigenvalue weighted by molar-refractivity contribution is 0.0945. The molecule has 0 aliphatic heterocycles. The molecule has 0 bridgehead atoms. The SMILES string of the molecule is COc1cc(CCNC(=O)c2nc(-c3ccccc3F)[nH]c(=O)c2O)ccc1O. The van der Waals surface area contributed by atoms with Crippen molar-refractivity contribution in [1.82, 2.24) is 15.3 Å². The van der Waals surface area contributed by atoms with E-state index in [1.54, 1.807) is 18.2 Å². The van der Waals surface area contributed by atoms with Crippen molar-refractivity contribution in [3.8, 4) is 28.6 Å². The maximum absolute atomic E-state index is 14.0. The van der Waals surface area contributed by atoms with E-state index in [1.807, 2.05) is 0 Å². The van der Waals surface area contributed by atoms with E-state index in [9.17, 15) is 24.2 Å². The van der Waals surface area contributed by atoms with Crippen molar-refractivity contribution in [2.75, 3.05) is 13.7 Å². The lowest BCUT2D eigenvalue weighted by atomic mass is 10.1. The summed E-state index contributed by atoms with van der Waals surface area (Å²) in [6.07, 6.45) is 0.395. The number of amides is 1. The summed E-state index contributed by atoms with van der Waals surface area (Å²) in [6, 6.07) is 10.4. The van der Waals surface area contributed by atoms with Crippen molar-refractivity contribution < 1.29 is 24.1 Å². The number of benzene rings is 2. The van der Waals surface area contributed by atoms with Gasteiger partial charge in [-0.15, -0.1) is 0 Å². The van der Waals surface area contributed by atoms with E-state index in [1.165, 1.54) is 31.4 Å². The molecule has 150 valence electrons. The smallest absolute Gasteiger partial charge is 0.294 e. The Hall–Kier alpha value is -3.88. The summed E-state index contributed by atoms with van der Waals surface area (Å²) in [7, 11) is 1.43. The highest BCUT2D eigenvalue weighted by atomic mass is 19.1. The van der Waals surface area contributed by atoms with E-state index in [0.717, 1.165) is 5.56 Å². The number of methoxy groups -OCH3 is 1. The van der Waals surface area contributed by atoms with Gasteiger partial charge in [-0.05, 0) is 36.2 Å². The first-order valence-electron chi connectivity index (χ1n) is 8.63. The molecule has 0 radical (unpaired) electrons. The second-order valence-electron chi connectivity index (χ2n) is 6.10. The van der Waals surface area contributed by atoms with Crippen LogP contribution in [-0.2, 0) is 6.42 Å². The molecule has 1 amide bonds. The monoisotopic (exact) mass is 399 g/mol. The molecule has 1 heterocycles. The minimum absolute atomic E-state index is 0.00130. The number of rotatable bonds is 6. The van der Waals surface area contributed by atoms with Crippen LogP contribution in [0.5, 0.6) is 17.2 Å². The number of aromatic amines is 1. The number of aromatic hydroxyl groups is 2. The highest BCUT2D eigenvalue weighted by molar-refractivity contribution is 5.95. The van der Waals surface area contributed by atoms with Crippen molar-refractivity contribution in [1.29, 1.82) is 0 Å². The molecule has 0 unspecified atom stereocenters. The van der Waals surface area contributed by atoms with Gasteiger partial charge in [-0.2, -0.15) is 0 Å². The minimum atomic E-state index is -0.952. The van der Waals surface area contributed by atoms with Gasteiger partial charge in [0, 0.05) is 6.54 Å². The number of carbonyl (C=O) groups excluding carboxylic acids is 1. The first-order chi connectivity index (χ1) is 13.9. The molecule has 9 heteroatoms. The Kier molecular flexibility index (Phi) is 5.77. The number of nitrogens with zero attached hydrogens (tertiary/aromatic N) is 1. The molecule has 0 spiro atoms. The van der Waals surface area contributed by atoms with Gasteiger partial charge in [0.25, 0.3) is 11.5 Å². The Morgan fingerprint density at radius 2 is 2.00 bits per heavy atom. The topological polar surface area (TPSA) is 125 Å². The van der Waals surface area contributed by atoms with Crippen molar-refractivity contribution in [3.05, 3.63) is 69.9 Å². The zero-order valence-corrected chi connectivity index (χ0v) is 15.4. The number of nitrogens with one attached hydrogen (secondary N) is 2. The lowest BCUT2D eigenvalue weighted by Gasteiger charge is -2.09. The van der Waals surface area contributed by atoms with Crippen LogP contribution in [0, 0.1) is 5.82 Å². The molecular formula is C20H18FN3O5. The van der Waals surface area contributed by atoms with Crippen LogP contribution in [0.15, 0.2) is 47.3 Å². The van der Waals surface area contributed by atoms with E-state index >= 15 is 0 Å². The van der Waals surface area contributed by atoms with E-state index < -0.39 is 28.7 Å². The summed E-state index contributed by atoms with van der Waals surface area (Å²) < 4.78 is 19.0. The van der Waals surface area contributed by atoms with Crippen molar-refractivity contribution in [3.63, 3.8) is 0 Å². The van der Waals surface area contributed by atoms with E-state index in [-0.39, 0.29) is 23.7 Å². The van der Waals surface area contributed by atoms with Crippen LogP contribution < -0.4 is 15.6 Å². The van der Waals surface area contributed by atoms with Gasteiger partial charge in [0.1, 0.15) is 11.6 Å². The highest BCUT2D eigenvalue weighted by Gasteiger charge is 2.19. The number of ether oxygens (including phenoxy) is 1. The van der Waals surface area contributed by atoms with Gasteiger partial charge >= 0.3 is 0 Å². The summed E-state index contributed by atoms with van der Waals surface area (Å²) >= 11 is 0. The predicted molar refractivity (Wildman–Crippen MR) is 103 cm³/mol. The molecule has 0 saturated heterocycles. The zero-order chi connectivity index (χ0) is 21.0. The van der Waals surface area contributed by atoms with Gasteiger partial charge in [-0.3, -0.25) is 9.59 Å². The Labute approximate surface area is 164 Å². The highest BCUT2D eigenvalue weighted by Crippen LogP contribution is 2.26. The summed E-state index contributed by atoms with van der Waals surface area (Å²) in [5.74, 6) is -2.13. The standard InChI is InChI=1S/C20H18FN3O5/c1-29-15-10-11(6-7-14(15)25)8-9-22-19(27)16-17(26)20(28)24-18(23-16)12-4-2-3-5-13(12)21/h2-7,10,25-26H,8-9H2,1H3,(H,22,27)(H,23,24,28). The average Bonchev–Trinajstić information content (AvgIpc) is 2.71. The molecule has 8 nitrogen and oxygen atoms in total. The number of H-pyrrole nitrogens is 1. The predicted octanol–water partition coefficient (Wildman–Crippen LogP) is 1.97. The van der Waals surface area contributed by atoms with Crippen LogP contribution in [0.1, 0.15) is 16.1 Å². The molecule has 0 aliphatic carbocycles. The Bertz CT molecular complexity index is 1110. The summed E-state index contributed by atoms with van der Waals surface area (Å²) in [4.78, 5) is 30.5. The summed E-state index contributed by atoms with van der Waals surface area (Å²) in [5.41, 5.74) is -0.674. The molecular weight excluding hydrogens is 381 g/mol. The average molecular weight is 399 g/mol. The number of aromatic nitrogens is 2. The van der Waals surface area contributed by atoms with E-state index in [4.69, 9.17) is 4.74 Å². The molecule has 0 aliphatic rings. The lowest BCUT2D eigenvalue weighted by Crippen LogP contribution is -2.28. The number of phenols is 1. The fourth-order valence-electron chi connectivity index (χ4n) is 2.69. The fraction of sp³-hybridized carbons (Fsp3) is 0.150. The maximum atomic E-state index is 14.0. The molecule has 4 N–H and O–H groups in total. The van der Waals surface area contributed by atoms with Gasteiger partial charge < -0.3 is 25.3 Å². The van der Waals surface area contributed by atoms with Crippen molar-refractivity contribution in [2.24, 2.45) is 0 Å². The van der Waals surface area contributed by atoms with Gasteiger partial charge in [-0.1, -0.05) is 18.2 Å². The zero-order valence-electron chi connectivity index (χ0n) is 15.4. The number of hydrogen-bond acceptors (Lipinski definition) is 6. The first kappa shape index (κ1) is 19.9. The number of phenolic OH excluding ortho intramolecular Hbond substituents is 1. The van der Waals surface area contributed by atoms with Crippen molar-refractivity contribution >= 4 is 5.91 Å². The van der Waals surface area contributed by atoms with Gasteiger partial charge in [0.15, 0.2) is 17.2 Å². The van der Waals surface area contributed by atoms with Crippen molar-refractivity contribution in [2.45, 2.75) is 6.42 Å². The van der Waals surface area contributed by atoms with Crippen LogP contribution in [-0.4, -0.2) is 39.7 Å². The maximum Gasteiger partial charge on any atom is 0.294 e. The van der Waals surface area contributed by atoms with Gasteiger partial charge in [-0.25, -0.2) is 9.37 Å². The van der Waals surface area contributed by atoms with Crippen LogP contribution in [0.4, 0.5) is 4.39 Å².